The molecular weight excluding hydrogens is 302 g/mol. The van der Waals surface area contributed by atoms with E-state index in [1.54, 1.807) is 12.0 Å². The molecule has 0 unspecified atom stereocenters. The molecule has 1 heterocycles. The molecule has 122 valence electrons. The summed E-state index contributed by atoms with van der Waals surface area (Å²) in [5.41, 5.74) is 1.20. The standard InChI is InChI=1S/C16H23NO4S/c1-21-15-8-9-17(16(18)12-22(2,19)20)11-14(15)10-13-6-4-3-5-7-13/h3-7,14-15H,8-12H2,1-2H3/t14-,15+/m0/s1. The number of piperidine rings is 1. The summed E-state index contributed by atoms with van der Waals surface area (Å²) in [6.45, 7) is 1.10. The van der Waals surface area contributed by atoms with Crippen LogP contribution in [0.5, 0.6) is 0 Å². The Balaban J connectivity index is 2.05. The van der Waals surface area contributed by atoms with Crippen molar-refractivity contribution in [3.8, 4) is 0 Å². The average molecular weight is 325 g/mol. The summed E-state index contributed by atoms with van der Waals surface area (Å²) in [7, 11) is -1.60. The van der Waals surface area contributed by atoms with Crippen molar-refractivity contribution in [2.75, 3.05) is 32.2 Å². The number of nitrogens with zero attached hydrogens (tertiary/aromatic N) is 1. The second-order valence-corrected chi connectivity index (χ2v) is 8.06. The van der Waals surface area contributed by atoms with Crippen LogP contribution in [0, 0.1) is 5.92 Å². The Bertz CT molecular complexity index is 600. The highest BCUT2D eigenvalue weighted by molar-refractivity contribution is 7.91. The largest absolute Gasteiger partial charge is 0.381 e. The number of hydrogen-bond acceptors (Lipinski definition) is 4. The monoisotopic (exact) mass is 325 g/mol. The fourth-order valence-corrected chi connectivity index (χ4v) is 3.61. The minimum absolute atomic E-state index is 0.0995. The number of sulfone groups is 1. The third-order valence-corrected chi connectivity index (χ3v) is 4.82. The van der Waals surface area contributed by atoms with E-state index in [1.165, 1.54) is 5.56 Å². The van der Waals surface area contributed by atoms with Gasteiger partial charge in [-0.2, -0.15) is 0 Å². The molecule has 0 saturated carbocycles. The molecule has 5 nitrogen and oxygen atoms in total. The molecule has 1 saturated heterocycles. The molecule has 2 atom stereocenters. The van der Waals surface area contributed by atoms with Crippen LogP contribution in [0.4, 0.5) is 0 Å². The summed E-state index contributed by atoms with van der Waals surface area (Å²) >= 11 is 0. The van der Waals surface area contributed by atoms with Crippen LogP contribution >= 0.6 is 0 Å². The van der Waals surface area contributed by atoms with Crippen LogP contribution in [0.3, 0.4) is 0 Å². The summed E-state index contributed by atoms with van der Waals surface area (Å²) in [6, 6.07) is 10.1. The van der Waals surface area contributed by atoms with Gasteiger partial charge in [-0.1, -0.05) is 30.3 Å². The van der Waals surface area contributed by atoms with E-state index >= 15 is 0 Å². The predicted octanol–water partition coefficient (Wildman–Crippen LogP) is 1.14. The van der Waals surface area contributed by atoms with Gasteiger partial charge in [-0.15, -0.1) is 0 Å². The van der Waals surface area contributed by atoms with Crippen molar-refractivity contribution in [2.24, 2.45) is 5.92 Å². The molecule has 1 aromatic rings. The van der Waals surface area contributed by atoms with Crippen LogP contribution in [0.25, 0.3) is 0 Å². The maximum absolute atomic E-state index is 12.1. The molecule has 1 amide bonds. The van der Waals surface area contributed by atoms with Gasteiger partial charge in [0.25, 0.3) is 0 Å². The maximum atomic E-state index is 12.1. The van der Waals surface area contributed by atoms with Crippen LogP contribution in [-0.2, 0) is 25.8 Å². The number of hydrogen-bond donors (Lipinski definition) is 0. The number of rotatable bonds is 5. The molecule has 1 aromatic carbocycles. The van der Waals surface area contributed by atoms with Gasteiger partial charge in [-0.25, -0.2) is 8.42 Å². The fraction of sp³-hybridized carbons (Fsp3) is 0.562. The molecular formula is C16H23NO4S. The van der Waals surface area contributed by atoms with Crippen molar-refractivity contribution in [1.82, 2.24) is 4.90 Å². The summed E-state index contributed by atoms with van der Waals surface area (Å²) in [5.74, 6) is -0.539. The van der Waals surface area contributed by atoms with Gasteiger partial charge in [0.2, 0.25) is 5.91 Å². The number of methoxy groups -OCH3 is 1. The third-order valence-electron chi connectivity index (χ3n) is 4.05. The number of ether oxygens (including phenoxy) is 1. The lowest BCUT2D eigenvalue weighted by molar-refractivity contribution is -0.132. The summed E-state index contributed by atoms with van der Waals surface area (Å²) in [4.78, 5) is 13.8. The number of carbonyl (C=O) groups excluding carboxylic acids is 1. The number of likely N-dealkylation sites (tertiary alicyclic amines) is 1. The topological polar surface area (TPSA) is 63.7 Å². The first-order valence-corrected chi connectivity index (χ1v) is 9.47. The molecule has 6 heteroatoms. The van der Waals surface area contributed by atoms with Crippen molar-refractivity contribution < 1.29 is 17.9 Å². The van der Waals surface area contributed by atoms with Gasteiger partial charge >= 0.3 is 0 Å². The molecule has 0 bridgehead atoms. The van der Waals surface area contributed by atoms with Gasteiger partial charge in [0.05, 0.1) is 6.10 Å². The first kappa shape index (κ1) is 17.0. The second-order valence-electron chi connectivity index (χ2n) is 5.92. The Hall–Kier alpha value is -1.40. The number of carbonyl (C=O) groups is 1. The minimum atomic E-state index is -3.29. The summed E-state index contributed by atoms with van der Waals surface area (Å²) in [6.07, 6.45) is 2.75. The predicted molar refractivity (Wildman–Crippen MR) is 85.3 cm³/mol. The van der Waals surface area contributed by atoms with Crippen molar-refractivity contribution in [2.45, 2.75) is 18.9 Å². The molecule has 0 aliphatic carbocycles. The Morgan fingerprint density at radius 2 is 2.00 bits per heavy atom. The van der Waals surface area contributed by atoms with Crippen LogP contribution in [-0.4, -0.2) is 57.5 Å². The van der Waals surface area contributed by atoms with Gasteiger partial charge in [-0.3, -0.25) is 4.79 Å². The van der Waals surface area contributed by atoms with E-state index in [-0.39, 0.29) is 17.9 Å². The van der Waals surface area contributed by atoms with Crippen molar-refractivity contribution >= 4 is 15.7 Å². The van der Waals surface area contributed by atoms with Gasteiger partial charge in [-0.05, 0) is 18.4 Å². The van der Waals surface area contributed by atoms with E-state index in [1.807, 2.05) is 18.2 Å². The molecule has 0 radical (unpaired) electrons. The molecule has 22 heavy (non-hydrogen) atoms. The highest BCUT2D eigenvalue weighted by Gasteiger charge is 2.32. The van der Waals surface area contributed by atoms with Crippen molar-refractivity contribution in [1.29, 1.82) is 0 Å². The molecule has 0 spiro atoms. The second kappa shape index (κ2) is 7.24. The van der Waals surface area contributed by atoms with Gasteiger partial charge in [0, 0.05) is 32.4 Å². The number of benzene rings is 1. The highest BCUT2D eigenvalue weighted by atomic mass is 32.2. The zero-order valence-corrected chi connectivity index (χ0v) is 13.9. The Kier molecular flexibility index (Phi) is 5.58. The molecule has 1 aliphatic heterocycles. The van der Waals surface area contributed by atoms with Gasteiger partial charge in [0.1, 0.15) is 5.75 Å². The molecule has 2 rings (SSSR count). The van der Waals surface area contributed by atoms with E-state index in [4.69, 9.17) is 4.74 Å². The maximum Gasteiger partial charge on any atom is 0.237 e. The zero-order valence-electron chi connectivity index (χ0n) is 13.1. The highest BCUT2D eigenvalue weighted by Crippen LogP contribution is 2.24. The zero-order chi connectivity index (χ0) is 16.2. The van der Waals surface area contributed by atoms with Crippen LogP contribution in [0.1, 0.15) is 12.0 Å². The smallest absolute Gasteiger partial charge is 0.237 e. The lowest BCUT2D eigenvalue weighted by atomic mass is 9.88. The quantitative estimate of drug-likeness (QED) is 0.814. The normalized spacial score (nSPS) is 22.5. The van der Waals surface area contributed by atoms with E-state index in [0.717, 1.165) is 19.1 Å². The first-order valence-electron chi connectivity index (χ1n) is 7.41. The van der Waals surface area contributed by atoms with Gasteiger partial charge in [0.15, 0.2) is 9.84 Å². The van der Waals surface area contributed by atoms with E-state index in [2.05, 4.69) is 12.1 Å². The molecule has 1 fully saturated rings. The molecule has 1 aliphatic rings. The van der Waals surface area contributed by atoms with Crippen molar-refractivity contribution in [3.05, 3.63) is 35.9 Å². The third kappa shape index (κ3) is 4.81. The van der Waals surface area contributed by atoms with E-state index < -0.39 is 15.6 Å². The SMILES string of the molecule is CO[C@@H]1CCN(C(=O)CS(C)(=O)=O)C[C@@H]1Cc1ccccc1. The van der Waals surface area contributed by atoms with E-state index in [9.17, 15) is 13.2 Å². The first-order chi connectivity index (χ1) is 10.4. The lowest BCUT2D eigenvalue weighted by Crippen LogP contribution is -2.48. The van der Waals surface area contributed by atoms with Crippen LogP contribution in [0.2, 0.25) is 0 Å². The van der Waals surface area contributed by atoms with Crippen molar-refractivity contribution in [3.63, 3.8) is 0 Å². The summed E-state index contributed by atoms with van der Waals surface area (Å²) in [5, 5.41) is 0. The Morgan fingerprint density at radius 3 is 2.59 bits per heavy atom. The fourth-order valence-electron chi connectivity index (χ4n) is 2.98. The lowest BCUT2D eigenvalue weighted by Gasteiger charge is -2.38. The molecule has 0 aromatic heterocycles. The Labute approximate surface area is 132 Å². The van der Waals surface area contributed by atoms with Crippen LogP contribution in [0.15, 0.2) is 30.3 Å². The minimum Gasteiger partial charge on any atom is -0.381 e. The average Bonchev–Trinajstić information content (AvgIpc) is 2.46. The molecule has 0 N–H and O–H groups in total. The summed E-state index contributed by atoms with van der Waals surface area (Å²) < 4.78 is 28.2. The Morgan fingerprint density at radius 1 is 1.32 bits per heavy atom. The van der Waals surface area contributed by atoms with Gasteiger partial charge < -0.3 is 9.64 Å². The van der Waals surface area contributed by atoms with E-state index in [0.29, 0.717) is 13.1 Å². The number of amides is 1. The van der Waals surface area contributed by atoms with Crippen LogP contribution < -0.4 is 0 Å².